The van der Waals surface area contributed by atoms with Crippen molar-refractivity contribution >= 4 is 17.6 Å². The Kier molecular flexibility index (Phi) is 13.5. The molecule has 282 valence electrons. The molecule has 1 N–H and O–H groups in total. The van der Waals surface area contributed by atoms with Gasteiger partial charge in [-0.1, -0.05) is 87.9 Å². The van der Waals surface area contributed by atoms with Gasteiger partial charge in [-0.3, -0.25) is 4.79 Å². The van der Waals surface area contributed by atoms with Crippen molar-refractivity contribution in [1.29, 1.82) is 0 Å². The van der Waals surface area contributed by atoms with Gasteiger partial charge in [0.25, 0.3) is 0 Å². The molecule has 7 heteroatoms. The number of halogens is 1. The second-order valence-electron chi connectivity index (χ2n) is 15.9. The predicted molar refractivity (Wildman–Crippen MR) is 211 cm³/mol. The number of piperidine rings is 1. The van der Waals surface area contributed by atoms with Gasteiger partial charge in [0.05, 0.1) is 24.2 Å². The third kappa shape index (κ3) is 9.46. The monoisotopic (exact) mass is 729 g/mol. The summed E-state index contributed by atoms with van der Waals surface area (Å²) in [6.07, 6.45) is 13.3. The van der Waals surface area contributed by atoms with E-state index in [-0.39, 0.29) is 12.0 Å². The lowest BCUT2D eigenvalue weighted by Gasteiger charge is -2.32. The minimum absolute atomic E-state index is 0.103. The zero-order valence-electron chi connectivity index (χ0n) is 31.9. The molecule has 1 aliphatic heterocycles. The Morgan fingerprint density at radius 2 is 1.77 bits per heavy atom. The highest BCUT2D eigenvalue weighted by Gasteiger charge is 2.29. The molecule has 5 atom stereocenters. The summed E-state index contributed by atoms with van der Waals surface area (Å²) in [4.78, 5) is 13.8. The van der Waals surface area contributed by atoms with Crippen molar-refractivity contribution in [3.05, 3.63) is 75.8 Å². The van der Waals surface area contributed by atoms with Crippen LogP contribution < -0.4 is 14.2 Å². The fourth-order valence-electron chi connectivity index (χ4n) is 9.02. The van der Waals surface area contributed by atoms with Crippen molar-refractivity contribution < 1.29 is 24.1 Å². The van der Waals surface area contributed by atoms with Gasteiger partial charge < -0.3 is 24.2 Å². The largest absolute Gasteiger partial charge is 0.493 e. The maximum atomic E-state index is 11.6. The maximum absolute atomic E-state index is 11.6. The molecular formula is C45H60ClNO5. The Morgan fingerprint density at radius 1 is 0.942 bits per heavy atom. The van der Waals surface area contributed by atoms with Gasteiger partial charge in [-0.2, -0.15) is 0 Å². The zero-order chi connectivity index (χ0) is 36.6. The summed E-state index contributed by atoms with van der Waals surface area (Å²) in [6.45, 7) is 12.6. The van der Waals surface area contributed by atoms with Crippen LogP contribution in [0.4, 0.5) is 0 Å². The van der Waals surface area contributed by atoms with E-state index in [1.165, 1.54) is 66.3 Å². The Bertz CT molecular complexity index is 1660. The number of hydrogen-bond donors (Lipinski definition) is 1. The third-order valence-corrected chi connectivity index (χ3v) is 12.4. The van der Waals surface area contributed by atoms with Crippen molar-refractivity contribution in [2.45, 2.75) is 111 Å². The number of ether oxygens (including phenoxy) is 3. The molecule has 0 radical (unpaired) electrons. The van der Waals surface area contributed by atoms with Crippen LogP contribution in [0.1, 0.15) is 113 Å². The number of carboxylic acid groups (broad SMARTS) is 1. The zero-order valence-corrected chi connectivity index (χ0v) is 32.7. The van der Waals surface area contributed by atoms with Crippen molar-refractivity contribution in [2.75, 3.05) is 32.8 Å². The van der Waals surface area contributed by atoms with Crippen molar-refractivity contribution in [3.63, 3.8) is 0 Å². The summed E-state index contributed by atoms with van der Waals surface area (Å²) < 4.78 is 19.2. The van der Waals surface area contributed by atoms with E-state index in [9.17, 15) is 9.90 Å². The average Bonchev–Trinajstić information content (AvgIpc) is 3.55. The number of carboxylic acids is 1. The van der Waals surface area contributed by atoms with Gasteiger partial charge in [-0.05, 0) is 129 Å². The number of carbonyl (C=O) groups is 1. The number of likely N-dealkylation sites (tertiary alicyclic amines) is 1. The van der Waals surface area contributed by atoms with Crippen molar-refractivity contribution in [1.82, 2.24) is 4.90 Å². The fraction of sp³-hybridized carbons (Fsp3) is 0.578. The number of hydrogen-bond acceptors (Lipinski definition) is 5. The molecule has 1 unspecified atom stereocenters. The number of rotatable bonds is 16. The Hall–Kier alpha value is -3.22. The van der Waals surface area contributed by atoms with Crippen LogP contribution in [0.25, 0.3) is 11.1 Å². The van der Waals surface area contributed by atoms with E-state index >= 15 is 0 Å². The fourth-order valence-corrected chi connectivity index (χ4v) is 9.25. The maximum Gasteiger partial charge on any atom is 0.307 e. The molecule has 2 aliphatic carbocycles. The Balaban J connectivity index is 1.08. The van der Waals surface area contributed by atoms with Gasteiger partial charge in [0.2, 0.25) is 0 Å². The van der Waals surface area contributed by atoms with Crippen LogP contribution in [0.5, 0.6) is 17.2 Å². The Morgan fingerprint density at radius 3 is 2.60 bits per heavy atom. The molecule has 0 aromatic heterocycles. The first kappa shape index (κ1) is 38.5. The summed E-state index contributed by atoms with van der Waals surface area (Å²) in [5, 5.41) is 10.1. The third-order valence-electron chi connectivity index (χ3n) is 12.1. The summed E-state index contributed by atoms with van der Waals surface area (Å²) in [6, 6.07) is 16.9. The van der Waals surface area contributed by atoms with E-state index in [0.29, 0.717) is 23.9 Å². The first-order chi connectivity index (χ1) is 25.2. The van der Waals surface area contributed by atoms with Crippen LogP contribution in [0.3, 0.4) is 0 Å². The standard InChI is InChI=1S/C45H60ClNO5/c1-5-50-43-28-44(40(46)27-34(43)22-24-47-23-11-13-35(29-47)45(48)49)52-42-21-20-38-37(15-9-16-39(38)42)36-14-10-17-41(32(36)4)51-25-8-6-7-12-33-26-30(2)18-19-31(33)3/h9-10,14-17,27-28,30-31,33,35,42H,5-8,11-13,18-26,29H2,1-4H3,(H,48,49)/t30-,31-,33?,35-,42+/m1/s1. The molecule has 3 aliphatic rings. The minimum Gasteiger partial charge on any atom is -0.493 e. The molecule has 0 bridgehead atoms. The van der Waals surface area contributed by atoms with E-state index in [4.69, 9.17) is 25.8 Å². The smallest absolute Gasteiger partial charge is 0.307 e. The van der Waals surface area contributed by atoms with E-state index in [1.54, 1.807) is 0 Å². The first-order valence-electron chi connectivity index (χ1n) is 20.1. The molecule has 0 amide bonds. The quantitative estimate of drug-likeness (QED) is 0.148. The number of nitrogens with zero attached hydrogens (tertiary/aromatic N) is 1. The SMILES string of the molecule is CCOc1cc(O[C@H]2CCc3c(-c4cccc(OCCCCCC5C[C@H](C)CC[C@H]5C)c4C)cccc32)c(Cl)cc1CCN1CCC[C@@H](C(=O)O)C1. The van der Waals surface area contributed by atoms with E-state index in [2.05, 4.69) is 62.1 Å². The second-order valence-corrected chi connectivity index (χ2v) is 16.3. The lowest BCUT2D eigenvalue weighted by molar-refractivity contribution is -0.143. The second kappa shape index (κ2) is 18.2. The first-order valence-corrected chi connectivity index (χ1v) is 20.5. The van der Waals surface area contributed by atoms with Gasteiger partial charge in [0.15, 0.2) is 0 Å². The van der Waals surface area contributed by atoms with Crippen LogP contribution in [0, 0.1) is 30.6 Å². The molecule has 1 heterocycles. The van der Waals surface area contributed by atoms with Gasteiger partial charge in [-0.15, -0.1) is 0 Å². The molecule has 1 saturated carbocycles. The highest BCUT2D eigenvalue weighted by atomic mass is 35.5. The van der Waals surface area contributed by atoms with Crippen LogP contribution in [0.2, 0.25) is 5.02 Å². The van der Waals surface area contributed by atoms with Gasteiger partial charge in [0, 0.05) is 19.2 Å². The van der Waals surface area contributed by atoms with Crippen LogP contribution in [-0.2, 0) is 17.6 Å². The number of unbranched alkanes of at least 4 members (excludes halogenated alkanes) is 2. The van der Waals surface area contributed by atoms with Crippen molar-refractivity contribution in [2.24, 2.45) is 23.7 Å². The number of benzene rings is 3. The lowest BCUT2D eigenvalue weighted by Crippen LogP contribution is -2.39. The van der Waals surface area contributed by atoms with Crippen LogP contribution >= 0.6 is 11.6 Å². The van der Waals surface area contributed by atoms with E-state index in [0.717, 1.165) is 93.0 Å². The number of aliphatic carboxylic acids is 1. The minimum atomic E-state index is -0.701. The Labute approximate surface area is 317 Å². The topological polar surface area (TPSA) is 68.2 Å². The molecule has 6 nitrogen and oxygen atoms in total. The predicted octanol–water partition coefficient (Wildman–Crippen LogP) is 11.1. The van der Waals surface area contributed by atoms with Gasteiger partial charge in [-0.25, -0.2) is 0 Å². The average molecular weight is 730 g/mol. The van der Waals surface area contributed by atoms with Gasteiger partial charge >= 0.3 is 5.97 Å². The molecular weight excluding hydrogens is 670 g/mol. The van der Waals surface area contributed by atoms with Crippen molar-refractivity contribution in [3.8, 4) is 28.4 Å². The highest BCUT2D eigenvalue weighted by molar-refractivity contribution is 6.32. The summed E-state index contributed by atoms with van der Waals surface area (Å²) >= 11 is 6.89. The molecule has 0 spiro atoms. The molecule has 52 heavy (non-hydrogen) atoms. The molecule has 3 aromatic rings. The summed E-state index contributed by atoms with van der Waals surface area (Å²) in [7, 11) is 0. The molecule has 2 fully saturated rings. The van der Waals surface area contributed by atoms with Crippen LogP contribution in [0.15, 0.2) is 48.5 Å². The normalized spacial score (nSPS) is 23.3. The molecule has 3 aromatic carbocycles. The van der Waals surface area contributed by atoms with E-state index < -0.39 is 5.97 Å². The molecule has 1 saturated heterocycles. The van der Waals surface area contributed by atoms with Crippen LogP contribution in [-0.4, -0.2) is 48.8 Å². The highest BCUT2D eigenvalue weighted by Crippen LogP contribution is 2.44. The van der Waals surface area contributed by atoms with Gasteiger partial charge in [0.1, 0.15) is 23.4 Å². The summed E-state index contributed by atoms with van der Waals surface area (Å²) in [5.41, 5.74) is 7.22. The lowest BCUT2D eigenvalue weighted by atomic mass is 9.73. The van der Waals surface area contributed by atoms with E-state index in [1.807, 2.05) is 19.1 Å². The molecule has 6 rings (SSSR count). The summed E-state index contributed by atoms with van der Waals surface area (Å²) in [5.74, 6) is 4.09. The number of fused-ring (bicyclic) bond motifs is 1.